The summed E-state index contributed by atoms with van der Waals surface area (Å²) < 4.78 is 33.5. The minimum Gasteiger partial charge on any atom is -0.480 e. The van der Waals surface area contributed by atoms with Gasteiger partial charge in [0.1, 0.15) is 5.82 Å². The van der Waals surface area contributed by atoms with Crippen LogP contribution in [0.25, 0.3) is 0 Å². The Balaban J connectivity index is 1.50. The fraction of sp³-hybridized carbons (Fsp3) is 0.462. The molecule has 0 unspecified atom stereocenters. The lowest BCUT2D eigenvalue weighted by Crippen LogP contribution is -2.45. The Kier molecular flexibility index (Phi) is 6.54. The highest BCUT2D eigenvalue weighted by Crippen LogP contribution is 2.47. The van der Waals surface area contributed by atoms with Crippen LogP contribution in [0.5, 0.6) is 5.88 Å². The van der Waals surface area contributed by atoms with E-state index in [-0.39, 0.29) is 28.2 Å². The summed E-state index contributed by atoms with van der Waals surface area (Å²) in [6.07, 6.45) is 4.28. The van der Waals surface area contributed by atoms with Crippen molar-refractivity contribution in [2.24, 2.45) is 0 Å². The lowest BCUT2D eigenvalue weighted by Gasteiger charge is -2.32. The Morgan fingerprint density at radius 2 is 1.92 bits per heavy atom. The number of aromatic nitrogens is 4. The lowest BCUT2D eigenvalue weighted by molar-refractivity contribution is 0.0955. The van der Waals surface area contributed by atoms with E-state index in [1.807, 2.05) is 13.8 Å². The molecule has 5 rings (SSSR count). The van der Waals surface area contributed by atoms with Gasteiger partial charge < -0.3 is 15.2 Å². The molecule has 2 N–H and O–H groups in total. The fourth-order valence-electron chi connectivity index (χ4n) is 5.17. The smallest absolute Gasteiger partial charge is 0.408 e. The molecule has 0 bridgehead atoms. The largest absolute Gasteiger partial charge is 0.480 e. The molecule has 2 fully saturated rings. The number of ether oxygens (including phenoxy) is 1. The van der Waals surface area contributed by atoms with Crippen molar-refractivity contribution in [1.82, 2.24) is 24.1 Å². The first-order valence-corrected chi connectivity index (χ1v) is 14.0. The second-order valence-electron chi connectivity index (χ2n) is 10.4. The van der Waals surface area contributed by atoms with E-state index < -0.39 is 16.1 Å². The maximum atomic E-state index is 13.7. The second-order valence-corrected chi connectivity index (χ2v) is 12.2. The monoisotopic (exact) mass is 540 g/mol. The first kappa shape index (κ1) is 26.0. The number of hydrogen-bond donors (Lipinski definition) is 2. The van der Waals surface area contributed by atoms with Gasteiger partial charge in [-0.1, -0.05) is 17.7 Å². The molecule has 1 amide bonds. The lowest BCUT2D eigenvalue weighted by atomic mass is 10.0. The van der Waals surface area contributed by atoms with Crippen molar-refractivity contribution in [3.8, 4) is 5.88 Å². The van der Waals surface area contributed by atoms with Crippen LogP contribution in [0.4, 0.5) is 16.4 Å². The van der Waals surface area contributed by atoms with Crippen LogP contribution in [-0.2, 0) is 10.0 Å². The molecule has 0 spiro atoms. The molecule has 2 aliphatic rings. The molecule has 2 aromatic heterocycles. The van der Waals surface area contributed by atoms with Crippen molar-refractivity contribution in [2.75, 3.05) is 12.4 Å². The highest BCUT2D eigenvalue weighted by atomic mass is 32.2. The number of methoxy groups -OCH3 is 1. The highest BCUT2D eigenvalue weighted by Gasteiger charge is 2.50. The number of nitrogens with zero attached hydrogens (tertiary/aromatic N) is 5. The molecule has 11 nitrogen and oxygen atoms in total. The normalized spacial score (nSPS) is 20.2. The topological polar surface area (TPSA) is 140 Å². The van der Waals surface area contributed by atoms with Crippen LogP contribution in [-0.4, -0.2) is 62.4 Å². The predicted octanol–water partition coefficient (Wildman–Crippen LogP) is 4.45. The maximum Gasteiger partial charge on any atom is 0.408 e. The molecule has 3 aromatic rings. The summed E-state index contributed by atoms with van der Waals surface area (Å²) >= 11 is 0. The van der Waals surface area contributed by atoms with Crippen LogP contribution in [0, 0.1) is 13.8 Å². The van der Waals surface area contributed by atoms with Gasteiger partial charge in [0.05, 0.1) is 29.6 Å². The van der Waals surface area contributed by atoms with E-state index in [1.165, 1.54) is 13.3 Å². The second kappa shape index (κ2) is 9.57. The van der Waals surface area contributed by atoms with Crippen molar-refractivity contribution in [1.29, 1.82) is 0 Å². The number of carboxylic acid groups (broad SMARTS) is 1. The van der Waals surface area contributed by atoms with Crippen molar-refractivity contribution in [3.63, 3.8) is 0 Å². The fourth-order valence-corrected chi connectivity index (χ4v) is 6.41. The molecule has 2 aliphatic carbocycles. The number of nitrogens with one attached hydrogen (secondary N) is 1. The SMILES string of the molecule is COc1cnc(Nc2cc([C@H]3CC[C@@H](N(C(=O)O)C4(C)CC4)C3)nn2S(=O)(=O)c2ccc(C)cc2)c(C)n1. The Morgan fingerprint density at radius 1 is 1.21 bits per heavy atom. The molecule has 38 heavy (non-hydrogen) atoms. The van der Waals surface area contributed by atoms with Gasteiger partial charge >= 0.3 is 6.09 Å². The zero-order valence-corrected chi connectivity index (χ0v) is 22.7. The molecule has 0 aliphatic heterocycles. The number of anilines is 2. The molecule has 2 saturated carbocycles. The summed E-state index contributed by atoms with van der Waals surface area (Å²) in [5.41, 5.74) is 1.76. The van der Waals surface area contributed by atoms with Gasteiger partial charge in [-0.3, -0.25) is 4.90 Å². The Morgan fingerprint density at radius 3 is 2.53 bits per heavy atom. The predicted molar refractivity (Wildman–Crippen MR) is 140 cm³/mol. The van der Waals surface area contributed by atoms with Crippen LogP contribution < -0.4 is 10.1 Å². The molecule has 0 radical (unpaired) electrons. The van der Waals surface area contributed by atoms with Crippen molar-refractivity contribution in [3.05, 3.63) is 53.5 Å². The van der Waals surface area contributed by atoms with Crippen LogP contribution in [0.1, 0.15) is 61.9 Å². The Bertz CT molecular complexity index is 1470. The van der Waals surface area contributed by atoms with Crippen LogP contribution >= 0.6 is 0 Å². The molecule has 0 saturated heterocycles. The van der Waals surface area contributed by atoms with Gasteiger partial charge in [0, 0.05) is 23.6 Å². The molecular weight excluding hydrogens is 508 g/mol. The van der Waals surface area contributed by atoms with E-state index in [4.69, 9.17) is 4.74 Å². The zero-order chi connectivity index (χ0) is 27.2. The Hall–Kier alpha value is -3.67. The number of carbonyl (C=O) groups is 1. The summed E-state index contributed by atoms with van der Waals surface area (Å²) in [7, 11) is -2.54. The average Bonchev–Trinajstić information content (AvgIpc) is 3.25. The van der Waals surface area contributed by atoms with E-state index in [0.717, 1.165) is 22.5 Å². The zero-order valence-electron chi connectivity index (χ0n) is 21.9. The van der Waals surface area contributed by atoms with Crippen molar-refractivity contribution >= 4 is 27.8 Å². The first-order valence-electron chi connectivity index (χ1n) is 12.6. The number of rotatable bonds is 8. The number of benzene rings is 1. The molecule has 1 aromatic carbocycles. The van der Waals surface area contributed by atoms with Gasteiger partial charge in [0.25, 0.3) is 10.0 Å². The summed E-state index contributed by atoms with van der Waals surface area (Å²) in [6, 6.07) is 8.18. The van der Waals surface area contributed by atoms with Gasteiger partial charge in [-0.2, -0.15) is 13.5 Å². The van der Waals surface area contributed by atoms with E-state index >= 15 is 0 Å². The summed E-state index contributed by atoms with van der Waals surface area (Å²) in [5, 5.41) is 17.6. The maximum absolute atomic E-state index is 13.7. The van der Waals surface area contributed by atoms with Gasteiger partial charge in [-0.15, -0.1) is 4.09 Å². The van der Waals surface area contributed by atoms with Crippen LogP contribution in [0.15, 0.2) is 41.4 Å². The highest BCUT2D eigenvalue weighted by molar-refractivity contribution is 7.90. The Labute approximate surface area is 221 Å². The third-order valence-electron chi connectivity index (χ3n) is 7.57. The van der Waals surface area contributed by atoms with Crippen molar-refractivity contribution in [2.45, 2.75) is 75.3 Å². The van der Waals surface area contributed by atoms with E-state index in [2.05, 4.69) is 20.4 Å². The molecule has 202 valence electrons. The minimum absolute atomic E-state index is 0.0812. The standard InChI is InChI=1S/C26H32N6O5S/c1-16-5-9-20(10-6-16)38(35,36)32-22(29-24-17(2)28-23(37-4)15-27-24)14-21(30-32)18-7-8-19(13-18)31(25(33)34)26(3)11-12-26/h5-6,9-10,14-15,18-19H,7-8,11-13H2,1-4H3,(H,27,29)(H,33,34)/t18-,19+/m0/s1. The third-order valence-corrected chi connectivity index (χ3v) is 9.18. The first-order chi connectivity index (χ1) is 18.0. The van der Waals surface area contributed by atoms with E-state index in [1.54, 1.807) is 42.2 Å². The number of hydrogen-bond acceptors (Lipinski definition) is 8. The van der Waals surface area contributed by atoms with Gasteiger partial charge in [0.15, 0.2) is 5.82 Å². The van der Waals surface area contributed by atoms with E-state index in [0.29, 0.717) is 42.3 Å². The average molecular weight is 541 g/mol. The summed E-state index contributed by atoms with van der Waals surface area (Å²) in [5.74, 6) is 0.873. The van der Waals surface area contributed by atoms with E-state index in [9.17, 15) is 18.3 Å². The third kappa shape index (κ3) is 4.80. The molecular formula is C26H32N6O5S. The quantitative estimate of drug-likeness (QED) is 0.424. The number of amides is 1. The minimum atomic E-state index is -4.03. The van der Waals surface area contributed by atoms with Gasteiger partial charge in [-0.05, 0) is 65.0 Å². The van der Waals surface area contributed by atoms with Gasteiger partial charge in [0.2, 0.25) is 5.88 Å². The van der Waals surface area contributed by atoms with Crippen LogP contribution in [0.2, 0.25) is 0 Å². The van der Waals surface area contributed by atoms with Gasteiger partial charge in [-0.25, -0.2) is 14.8 Å². The van der Waals surface area contributed by atoms with Crippen LogP contribution in [0.3, 0.4) is 0 Å². The summed E-state index contributed by atoms with van der Waals surface area (Å²) in [6.45, 7) is 5.62. The summed E-state index contributed by atoms with van der Waals surface area (Å²) in [4.78, 5) is 22.4. The molecule has 2 atom stereocenters. The molecule has 12 heteroatoms. The molecule has 2 heterocycles. The van der Waals surface area contributed by atoms with Crippen molar-refractivity contribution < 1.29 is 23.1 Å². The number of aryl methyl sites for hydroxylation is 2.